The molecule has 0 saturated heterocycles. The Balaban J connectivity index is 2.28. The summed E-state index contributed by atoms with van der Waals surface area (Å²) in [4.78, 5) is 31.7. The van der Waals surface area contributed by atoms with Crippen LogP contribution in [0.25, 0.3) is 0 Å². The molecule has 0 bridgehead atoms. The van der Waals surface area contributed by atoms with Crippen LogP contribution in [0.4, 0.5) is 0 Å². The second-order valence-electron chi connectivity index (χ2n) is 7.35. The van der Waals surface area contributed by atoms with Crippen molar-refractivity contribution in [3.05, 3.63) is 22.9 Å². The van der Waals surface area contributed by atoms with E-state index in [9.17, 15) is 14.9 Å². The predicted octanol–water partition coefficient (Wildman–Crippen LogP) is 3.74. The minimum Gasteiger partial charge on any atom is -0.449 e. The van der Waals surface area contributed by atoms with E-state index in [0.717, 1.165) is 18.5 Å². The van der Waals surface area contributed by atoms with Crippen molar-refractivity contribution in [3.8, 4) is 6.07 Å². The van der Waals surface area contributed by atoms with E-state index in [1.54, 1.807) is 17.9 Å². The summed E-state index contributed by atoms with van der Waals surface area (Å²) < 4.78 is 5.46. The van der Waals surface area contributed by atoms with Gasteiger partial charge >= 0.3 is 5.97 Å². The van der Waals surface area contributed by atoms with Gasteiger partial charge in [-0.3, -0.25) is 4.79 Å². The van der Waals surface area contributed by atoms with E-state index in [1.807, 2.05) is 34.0 Å². The van der Waals surface area contributed by atoms with Crippen LogP contribution >= 0.6 is 11.8 Å². The molecule has 0 spiro atoms. The van der Waals surface area contributed by atoms with Crippen molar-refractivity contribution in [2.45, 2.75) is 76.6 Å². The number of amides is 1. The number of hydrogen-bond acceptors (Lipinski definition) is 6. The molecular weight excluding hydrogens is 362 g/mol. The highest BCUT2D eigenvalue weighted by Crippen LogP contribution is 2.40. The van der Waals surface area contributed by atoms with Gasteiger partial charge in [0.05, 0.1) is 11.1 Å². The Morgan fingerprint density at radius 2 is 1.85 bits per heavy atom. The third kappa shape index (κ3) is 4.81. The molecule has 1 heterocycles. The minimum absolute atomic E-state index is 0.00110. The number of carbonyl (C=O) groups excluding carboxylic acids is 2. The Morgan fingerprint density at radius 1 is 1.26 bits per heavy atom. The molecular formula is C20H27N3O3S. The summed E-state index contributed by atoms with van der Waals surface area (Å²) in [5.41, 5.74) is 1.22. The van der Waals surface area contributed by atoms with Crippen LogP contribution in [-0.4, -0.2) is 46.2 Å². The number of hydrogen-bond donors (Lipinski definition) is 0. The van der Waals surface area contributed by atoms with Crippen LogP contribution in [0.15, 0.2) is 11.1 Å². The largest absolute Gasteiger partial charge is 0.449 e. The van der Waals surface area contributed by atoms with Crippen LogP contribution in [-0.2, 0) is 9.53 Å². The molecule has 0 unspecified atom stereocenters. The first-order valence-corrected chi connectivity index (χ1v) is 10.5. The van der Waals surface area contributed by atoms with Gasteiger partial charge in [-0.05, 0) is 59.8 Å². The van der Waals surface area contributed by atoms with Gasteiger partial charge in [0, 0.05) is 23.7 Å². The van der Waals surface area contributed by atoms with Gasteiger partial charge < -0.3 is 9.64 Å². The molecule has 1 saturated carbocycles. The maximum Gasteiger partial charge on any atom is 0.340 e. The van der Waals surface area contributed by atoms with Crippen molar-refractivity contribution in [1.82, 2.24) is 9.88 Å². The van der Waals surface area contributed by atoms with Crippen LogP contribution in [0.2, 0.25) is 0 Å². The van der Waals surface area contributed by atoms with Crippen molar-refractivity contribution < 1.29 is 14.3 Å². The monoisotopic (exact) mass is 389 g/mol. The second-order valence-corrected chi connectivity index (χ2v) is 8.14. The van der Waals surface area contributed by atoms with Crippen LogP contribution in [0.5, 0.6) is 0 Å². The molecule has 1 amide bonds. The molecule has 0 aromatic carbocycles. The lowest BCUT2D eigenvalue weighted by Crippen LogP contribution is -2.47. The number of nitrogens with zero attached hydrogens (tertiary/aromatic N) is 3. The Bertz CT molecular complexity index is 758. The van der Waals surface area contributed by atoms with Crippen LogP contribution in [0, 0.1) is 11.3 Å². The van der Waals surface area contributed by atoms with Gasteiger partial charge in [-0.25, -0.2) is 9.78 Å². The molecule has 1 fully saturated rings. The number of nitriles is 1. The van der Waals surface area contributed by atoms with Gasteiger partial charge in [-0.1, -0.05) is 0 Å². The van der Waals surface area contributed by atoms with Crippen molar-refractivity contribution in [3.63, 3.8) is 0 Å². The summed E-state index contributed by atoms with van der Waals surface area (Å²) >= 11 is 1.33. The first-order valence-electron chi connectivity index (χ1n) is 9.23. The lowest BCUT2D eigenvalue weighted by atomic mass is 10.1. The van der Waals surface area contributed by atoms with Crippen LogP contribution < -0.4 is 0 Å². The summed E-state index contributed by atoms with van der Waals surface area (Å²) in [6.45, 7) is 9.28. The fourth-order valence-electron chi connectivity index (χ4n) is 3.14. The fourth-order valence-corrected chi connectivity index (χ4v) is 3.69. The molecule has 1 atom stereocenters. The molecule has 1 aliphatic rings. The maximum atomic E-state index is 12.8. The molecule has 2 rings (SSSR count). The average Bonchev–Trinajstić information content (AvgIpc) is 3.44. The standard InChI is InChI=1S/C20H27N3O3S/c1-11(2)23(12(3)4)19(24)13(5)26-20(25)15-9-17(14-7-8-14)22-18(27-6)16(15)10-21/h9,11-14H,7-8H2,1-6H3/t13-/m0/s1. The first kappa shape index (κ1) is 21.2. The SMILES string of the molecule is CSc1nc(C2CC2)cc(C(=O)O[C@@H](C)C(=O)N(C(C)C)C(C)C)c1C#N. The molecule has 27 heavy (non-hydrogen) atoms. The third-order valence-electron chi connectivity index (χ3n) is 4.53. The van der Waals surface area contributed by atoms with Gasteiger partial charge in [0.15, 0.2) is 6.10 Å². The van der Waals surface area contributed by atoms with E-state index in [4.69, 9.17) is 4.74 Å². The zero-order valence-corrected chi connectivity index (χ0v) is 17.6. The number of aromatic nitrogens is 1. The van der Waals surface area contributed by atoms with Gasteiger partial charge in [0.25, 0.3) is 5.91 Å². The number of ether oxygens (including phenoxy) is 1. The molecule has 1 aromatic heterocycles. The second kappa shape index (κ2) is 8.75. The van der Waals surface area contributed by atoms with Crippen molar-refractivity contribution in [2.75, 3.05) is 6.26 Å². The summed E-state index contributed by atoms with van der Waals surface area (Å²) in [7, 11) is 0. The van der Waals surface area contributed by atoms with Gasteiger partial charge in [-0.15, -0.1) is 11.8 Å². The third-order valence-corrected chi connectivity index (χ3v) is 5.21. The maximum absolute atomic E-state index is 12.8. The molecule has 1 aromatic rings. The Hall–Kier alpha value is -2.07. The van der Waals surface area contributed by atoms with E-state index >= 15 is 0 Å². The van der Waals surface area contributed by atoms with Gasteiger partial charge in [0.1, 0.15) is 11.1 Å². The van der Waals surface area contributed by atoms with E-state index in [0.29, 0.717) is 10.9 Å². The lowest BCUT2D eigenvalue weighted by molar-refractivity contribution is -0.143. The van der Waals surface area contributed by atoms with Gasteiger partial charge in [-0.2, -0.15) is 5.26 Å². The average molecular weight is 390 g/mol. The predicted molar refractivity (Wildman–Crippen MR) is 105 cm³/mol. The summed E-state index contributed by atoms with van der Waals surface area (Å²) in [5.74, 6) is -0.556. The number of thioether (sulfide) groups is 1. The highest BCUT2D eigenvalue weighted by molar-refractivity contribution is 7.98. The lowest BCUT2D eigenvalue weighted by Gasteiger charge is -2.32. The topological polar surface area (TPSA) is 83.3 Å². The smallest absolute Gasteiger partial charge is 0.340 e. The molecule has 146 valence electrons. The number of esters is 1. The number of carbonyl (C=O) groups is 2. The number of rotatable bonds is 7. The van der Waals surface area contributed by atoms with Crippen molar-refractivity contribution >= 4 is 23.6 Å². The fraction of sp³-hybridized carbons (Fsp3) is 0.600. The zero-order chi connectivity index (χ0) is 20.3. The summed E-state index contributed by atoms with van der Waals surface area (Å²) in [5, 5.41) is 10.0. The normalized spacial score (nSPS) is 14.8. The van der Waals surface area contributed by atoms with E-state index in [1.165, 1.54) is 11.8 Å². The zero-order valence-electron chi connectivity index (χ0n) is 16.8. The van der Waals surface area contributed by atoms with Crippen molar-refractivity contribution in [1.29, 1.82) is 5.26 Å². The quantitative estimate of drug-likeness (QED) is 0.522. The van der Waals surface area contributed by atoms with Crippen LogP contribution in [0.1, 0.15) is 75.0 Å². The van der Waals surface area contributed by atoms with Gasteiger partial charge in [0.2, 0.25) is 0 Å². The molecule has 0 radical (unpaired) electrons. The summed E-state index contributed by atoms with van der Waals surface area (Å²) in [6, 6.07) is 3.71. The molecule has 6 nitrogen and oxygen atoms in total. The molecule has 0 aliphatic heterocycles. The highest BCUT2D eigenvalue weighted by Gasteiger charge is 2.31. The van der Waals surface area contributed by atoms with E-state index < -0.39 is 12.1 Å². The highest BCUT2D eigenvalue weighted by atomic mass is 32.2. The Kier molecular flexibility index (Phi) is 6.88. The van der Waals surface area contributed by atoms with E-state index in [2.05, 4.69) is 11.1 Å². The van der Waals surface area contributed by atoms with Crippen molar-refractivity contribution in [2.24, 2.45) is 0 Å². The first-order chi connectivity index (χ1) is 12.7. The number of pyridine rings is 1. The molecule has 7 heteroatoms. The minimum atomic E-state index is -0.927. The summed E-state index contributed by atoms with van der Waals surface area (Å²) in [6.07, 6.45) is 2.97. The van der Waals surface area contributed by atoms with E-state index in [-0.39, 0.29) is 29.1 Å². The molecule has 1 aliphatic carbocycles. The Morgan fingerprint density at radius 3 is 2.30 bits per heavy atom. The van der Waals surface area contributed by atoms with Crippen LogP contribution in [0.3, 0.4) is 0 Å². The molecule has 0 N–H and O–H groups in total. The Labute approximate surface area is 165 Å².